The van der Waals surface area contributed by atoms with E-state index < -0.39 is 0 Å². The van der Waals surface area contributed by atoms with Crippen LogP contribution in [0.5, 0.6) is 0 Å². The average molecular weight is 170 g/mol. The zero-order valence-corrected chi connectivity index (χ0v) is 6.67. The molecule has 1 saturated carbocycles. The molecule has 3 nitrogen and oxygen atoms in total. The first-order valence-corrected chi connectivity index (χ1v) is 3.93. The van der Waals surface area contributed by atoms with Crippen molar-refractivity contribution in [3.63, 3.8) is 0 Å². The van der Waals surface area contributed by atoms with Crippen LogP contribution in [0.2, 0.25) is 5.15 Å². The first-order chi connectivity index (χ1) is 5.25. The summed E-state index contributed by atoms with van der Waals surface area (Å²) in [6, 6.07) is 1.56. The van der Waals surface area contributed by atoms with E-state index in [2.05, 4.69) is 9.97 Å². The van der Waals surface area contributed by atoms with Gasteiger partial charge >= 0.3 is 0 Å². The van der Waals surface area contributed by atoms with Gasteiger partial charge in [-0.15, -0.1) is 0 Å². The van der Waals surface area contributed by atoms with Gasteiger partial charge in [-0.2, -0.15) is 0 Å². The van der Waals surface area contributed by atoms with E-state index in [1.165, 1.54) is 12.8 Å². The van der Waals surface area contributed by atoms with Crippen molar-refractivity contribution in [1.82, 2.24) is 9.97 Å². The highest BCUT2D eigenvalue weighted by atomic mass is 35.5. The summed E-state index contributed by atoms with van der Waals surface area (Å²) < 4.78 is 0. The summed E-state index contributed by atoms with van der Waals surface area (Å²) in [6.45, 7) is 0. The van der Waals surface area contributed by atoms with Crippen LogP contribution in [0.3, 0.4) is 0 Å². The molecule has 1 fully saturated rings. The number of halogens is 1. The van der Waals surface area contributed by atoms with Crippen LogP contribution in [0.1, 0.15) is 24.6 Å². The maximum absolute atomic E-state index is 5.69. The zero-order chi connectivity index (χ0) is 7.84. The number of nitrogens with zero attached hydrogens (tertiary/aromatic N) is 2. The zero-order valence-electron chi connectivity index (χ0n) is 5.92. The molecule has 2 N–H and O–H groups in total. The second kappa shape index (κ2) is 2.34. The largest absolute Gasteiger partial charge is 0.384 e. The number of rotatable bonds is 1. The Balaban J connectivity index is 2.39. The fraction of sp³-hybridized carbons (Fsp3) is 0.429. The van der Waals surface area contributed by atoms with Gasteiger partial charge in [-0.3, -0.25) is 0 Å². The Morgan fingerprint density at radius 1 is 1.45 bits per heavy atom. The van der Waals surface area contributed by atoms with E-state index in [4.69, 9.17) is 17.3 Å². The standard InChI is InChI=1S/C7H8ClN3/c8-5-3-6(9)11-7(10-5)4-1-2-4/h3-4H,1-2H2,(H2,9,10,11). The predicted octanol–water partition coefficient (Wildman–Crippen LogP) is 1.59. The Kier molecular flexibility index (Phi) is 1.46. The Labute approximate surface area is 69.6 Å². The van der Waals surface area contributed by atoms with Crippen molar-refractivity contribution in [3.05, 3.63) is 17.0 Å². The molecule has 1 aromatic heterocycles. The molecule has 0 amide bonds. The fourth-order valence-corrected chi connectivity index (χ4v) is 1.18. The lowest BCUT2D eigenvalue weighted by Gasteiger charge is -1.98. The van der Waals surface area contributed by atoms with Crippen LogP contribution in [0, 0.1) is 0 Å². The highest BCUT2D eigenvalue weighted by molar-refractivity contribution is 6.29. The summed E-state index contributed by atoms with van der Waals surface area (Å²) in [5, 5.41) is 0.444. The Hall–Kier alpha value is -0.830. The first kappa shape index (κ1) is 6.85. The van der Waals surface area contributed by atoms with Crippen molar-refractivity contribution in [2.75, 3.05) is 5.73 Å². The summed E-state index contributed by atoms with van der Waals surface area (Å²) in [5.74, 6) is 1.78. The molecule has 0 radical (unpaired) electrons. The molecule has 58 valence electrons. The van der Waals surface area contributed by atoms with Crippen LogP contribution < -0.4 is 5.73 Å². The average Bonchev–Trinajstić information content (AvgIpc) is 2.64. The van der Waals surface area contributed by atoms with Crippen LogP contribution in [0.25, 0.3) is 0 Å². The van der Waals surface area contributed by atoms with E-state index in [9.17, 15) is 0 Å². The molecule has 0 saturated heterocycles. The lowest BCUT2D eigenvalue weighted by molar-refractivity contribution is 0.933. The highest BCUT2D eigenvalue weighted by Crippen LogP contribution is 2.38. The smallest absolute Gasteiger partial charge is 0.135 e. The molecule has 4 heteroatoms. The van der Waals surface area contributed by atoms with Crippen molar-refractivity contribution in [3.8, 4) is 0 Å². The SMILES string of the molecule is Nc1cc(Cl)nc(C2CC2)n1. The molecular formula is C7H8ClN3. The number of nitrogens with two attached hydrogens (primary N) is 1. The number of hydrogen-bond acceptors (Lipinski definition) is 3. The van der Waals surface area contributed by atoms with Crippen molar-refractivity contribution < 1.29 is 0 Å². The van der Waals surface area contributed by atoms with Crippen LogP contribution in [0.15, 0.2) is 6.07 Å². The van der Waals surface area contributed by atoms with Gasteiger partial charge in [-0.05, 0) is 12.8 Å². The third-order valence-corrected chi connectivity index (χ3v) is 1.87. The predicted molar refractivity (Wildman–Crippen MR) is 43.4 cm³/mol. The maximum Gasteiger partial charge on any atom is 0.135 e. The number of aromatic nitrogens is 2. The Morgan fingerprint density at radius 3 is 2.73 bits per heavy atom. The monoisotopic (exact) mass is 169 g/mol. The van der Waals surface area contributed by atoms with Gasteiger partial charge in [0.2, 0.25) is 0 Å². The van der Waals surface area contributed by atoms with Gasteiger partial charge < -0.3 is 5.73 Å². The van der Waals surface area contributed by atoms with Gasteiger partial charge in [0.25, 0.3) is 0 Å². The van der Waals surface area contributed by atoms with Gasteiger partial charge in [0.15, 0.2) is 0 Å². The molecule has 0 spiro atoms. The van der Waals surface area contributed by atoms with Crippen molar-refractivity contribution in [2.24, 2.45) is 0 Å². The topological polar surface area (TPSA) is 51.8 Å². The molecule has 2 rings (SSSR count). The van der Waals surface area contributed by atoms with Crippen molar-refractivity contribution in [1.29, 1.82) is 0 Å². The van der Waals surface area contributed by atoms with E-state index >= 15 is 0 Å². The number of nitrogen functional groups attached to an aromatic ring is 1. The Bertz CT molecular complexity index is 263. The molecule has 1 aliphatic carbocycles. The van der Waals surface area contributed by atoms with E-state index in [0.717, 1.165) is 5.82 Å². The highest BCUT2D eigenvalue weighted by Gasteiger charge is 2.26. The lowest BCUT2D eigenvalue weighted by atomic mass is 10.4. The molecule has 0 atom stereocenters. The summed E-state index contributed by atoms with van der Waals surface area (Å²) in [5.41, 5.74) is 5.49. The van der Waals surface area contributed by atoms with Crippen LogP contribution in [-0.4, -0.2) is 9.97 Å². The molecule has 0 aromatic carbocycles. The van der Waals surface area contributed by atoms with E-state index in [1.807, 2.05) is 0 Å². The first-order valence-electron chi connectivity index (χ1n) is 3.55. The van der Waals surface area contributed by atoms with Crippen LogP contribution >= 0.6 is 11.6 Å². The number of hydrogen-bond donors (Lipinski definition) is 1. The molecular weight excluding hydrogens is 162 g/mol. The second-order valence-corrected chi connectivity index (χ2v) is 3.14. The summed E-state index contributed by atoms with van der Waals surface area (Å²) in [6.07, 6.45) is 2.33. The second-order valence-electron chi connectivity index (χ2n) is 2.75. The third-order valence-electron chi connectivity index (χ3n) is 1.67. The van der Waals surface area contributed by atoms with Crippen LogP contribution in [-0.2, 0) is 0 Å². The summed E-state index contributed by atoms with van der Waals surface area (Å²) in [4.78, 5) is 8.15. The third kappa shape index (κ3) is 1.43. The van der Waals surface area contributed by atoms with Crippen LogP contribution in [0.4, 0.5) is 5.82 Å². The summed E-state index contributed by atoms with van der Waals surface area (Å²) in [7, 11) is 0. The normalized spacial score (nSPS) is 16.8. The minimum Gasteiger partial charge on any atom is -0.384 e. The molecule has 1 heterocycles. The molecule has 0 unspecified atom stereocenters. The van der Waals surface area contributed by atoms with Gasteiger partial charge in [0, 0.05) is 12.0 Å². The quantitative estimate of drug-likeness (QED) is 0.650. The van der Waals surface area contributed by atoms with Crippen molar-refractivity contribution >= 4 is 17.4 Å². The van der Waals surface area contributed by atoms with Gasteiger partial charge in [-0.1, -0.05) is 11.6 Å². The molecule has 11 heavy (non-hydrogen) atoms. The van der Waals surface area contributed by atoms with E-state index in [-0.39, 0.29) is 0 Å². The maximum atomic E-state index is 5.69. The Morgan fingerprint density at radius 2 is 2.18 bits per heavy atom. The summed E-state index contributed by atoms with van der Waals surface area (Å²) >= 11 is 5.69. The minimum atomic E-state index is 0.444. The molecule has 0 bridgehead atoms. The van der Waals surface area contributed by atoms with Gasteiger partial charge in [0.1, 0.15) is 16.8 Å². The lowest BCUT2D eigenvalue weighted by Crippen LogP contribution is -1.97. The number of anilines is 1. The van der Waals surface area contributed by atoms with Gasteiger partial charge in [-0.25, -0.2) is 9.97 Å². The van der Waals surface area contributed by atoms with Crippen molar-refractivity contribution in [2.45, 2.75) is 18.8 Å². The minimum absolute atomic E-state index is 0.444. The van der Waals surface area contributed by atoms with E-state index in [1.54, 1.807) is 6.07 Å². The molecule has 1 aliphatic rings. The molecule has 1 aromatic rings. The van der Waals surface area contributed by atoms with E-state index in [0.29, 0.717) is 16.9 Å². The van der Waals surface area contributed by atoms with Gasteiger partial charge in [0.05, 0.1) is 0 Å². The fourth-order valence-electron chi connectivity index (χ4n) is 0.977. The molecule has 0 aliphatic heterocycles.